The third kappa shape index (κ3) is 9.41. The Balaban J connectivity index is 4.01. The lowest BCUT2D eigenvalue weighted by Gasteiger charge is -2.10. The van der Waals surface area contributed by atoms with Gasteiger partial charge in [-0.15, -0.1) is 0 Å². The van der Waals surface area contributed by atoms with Gasteiger partial charge in [-0.3, -0.25) is 0 Å². The third-order valence-electron chi connectivity index (χ3n) is 1.81. The third-order valence-corrected chi connectivity index (χ3v) is 1.81. The van der Waals surface area contributed by atoms with Crippen molar-refractivity contribution in [1.29, 1.82) is 0 Å². The molecule has 0 spiro atoms. The Kier molecular flexibility index (Phi) is 10.00. The molecule has 0 aromatic heterocycles. The van der Waals surface area contributed by atoms with Crippen molar-refractivity contribution in [3.63, 3.8) is 0 Å². The molecule has 0 aromatic carbocycles. The van der Waals surface area contributed by atoms with Crippen molar-refractivity contribution >= 4 is 0 Å². The van der Waals surface area contributed by atoms with Crippen LogP contribution in [0.4, 0.5) is 0 Å². The minimum Gasteiger partial charge on any atom is -0.396 e. The van der Waals surface area contributed by atoms with Crippen LogP contribution >= 0.6 is 0 Å². The summed E-state index contributed by atoms with van der Waals surface area (Å²) in [7, 11) is 0. The molecule has 0 unspecified atom stereocenters. The van der Waals surface area contributed by atoms with E-state index < -0.39 is 12.2 Å². The van der Waals surface area contributed by atoms with Crippen LogP contribution in [0, 0.1) is 23.7 Å². The first-order valence-corrected chi connectivity index (χ1v) is 5.45. The first kappa shape index (κ1) is 15.5. The van der Waals surface area contributed by atoms with Gasteiger partial charge in [-0.25, -0.2) is 0 Å². The molecular weight excluding hydrogens is 216 g/mol. The summed E-state index contributed by atoms with van der Waals surface area (Å²) in [6.07, 6.45) is 5.29. The van der Waals surface area contributed by atoms with Gasteiger partial charge in [-0.2, -0.15) is 0 Å². The highest BCUT2D eigenvalue weighted by atomic mass is 16.3. The van der Waals surface area contributed by atoms with Crippen molar-refractivity contribution in [3.8, 4) is 23.7 Å². The number of aliphatic hydroxyl groups is 3. The summed E-state index contributed by atoms with van der Waals surface area (Å²) >= 11 is 0. The van der Waals surface area contributed by atoms with Gasteiger partial charge >= 0.3 is 0 Å². The van der Waals surface area contributed by atoms with Gasteiger partial charge in [-0.05, 0) is 31.3 Å². The molecular formula is C14H18O3. The Hall–Kier alpha value is -1.52. The fourth-order valence-electron chi connectivity index (χ4n) is 0.920. The van der Waals surface area contributed by atoms with Crippen molar-refractivity contribution in [2.75, 3.05) is 6.61 Å². The van der Waals surface area contributed by atoms with E-state index in [-0.39, 0.29) is 13.0 Å². The predicted octanol–water partition coefficient (Wildman–Crippen LogP) is 0.620. The van der Waals surface area contributed by atoms with E-state index in [2.05, 4.69) is 23.7 Å². The summed E-state index contributed by atoms with van der Waals surface area (Å²) in [5, 5.41) is 27.5. The van der Waals surface area contributed by atoms with Gasteiger partial charge in [0.25, 0.3) is 0 Å². The molecule has 0 fully saturated rings. The molecule has 0 saturated heterocycles. The van der Waals surface area contributed by atoms with Crippen LogP contribution in [0.2, 0.25) is 0 Å². The highest BCUT2D eigenvalue weighted by Crippen LogP contribution is 2.00. The van der Waals surface area contributed by atoms with Crippen molar-refractivity contribution < 1.29 is 15.3 Å². The Morgan fingerprint density at radius 1 is 1.24 bits per heavy atom. The zero-order valence-corrected chi connectivity index (χ0v) is 9.93. The van der Waals surface area contributed by atoms with Gasteiger partial charge in [0, 0.05) is 13.0 Å². The number of hydrogen-bond acceptors (Lipinski definition) is 3. The Morgan fingerprint density at radius 2 is 2.00 bits per heavy atom. The average Bonchev–Trinajstić information content (AvgIpc) is 2.33. The van der Waals surface area contributed by atoms with E-state index in [0.29, 0.717) is 6.42 Å². The standard InChI is InChI=1S/C14H18O3/c1-2-3-4-5-6-7-10-13(16)14(17)11-8-9-12-15/h2-3,8,11,13-17H,9-10,12H2,1H3/b3-2+,11-8+/t13-,14-/m1/s1. The van der Waals surface area contributed by atoms with Gasteiger partial charge in [0.15, 0.2) is 0 Å². The zero-order chi connectivity index (χ0) is 12.9. The van der Waals surface area contributed by atoms with Crippen LogP contribution in [-0.2, 0) is 0 Å². The van der Waals surface area contributed by atoms with E-state index in [4.69, 9.17) is 5.11 Å². The second-order valence-electron chi connectivity index (χ2n) is 3.27. The van der Waals surface area contributed by atoms with Crippen molar-refractivity contribution in [3.05, 3.63) is 24.3 Å². The van der Waals surface area contributed by atoms with Gasteiger partial charge in [-0.1, -0.05) is 30.1 Å². The molecule has 3 N–H and O–H groups in total. The van der Waals surface area contributed by atoms with Crippen molar-refractivity contribution in [2.24, 2.45) is 0 Å². The maximum absolute atomic E-state index is 9.49. The van der Waals surface area contributed by atoms with E-state index >= 15 is 0 Å². The minimum atomic E-state index is -0.959. The molecule has 0 bridgehead atoms. The lowest BCUT2D eigenvalue weighted by atomic mass is 10.1. The summed E-state index contributed by atoms with van der Waals surface area (Å²) < 4.78 is 0. The summed E-state index contributed by atoms with van der Waals surface area (Å²) in [6.45, 7) is 1.89. The SMILES string of the molecule is C/C=C/C#CC#CC[C@@H](O)[C@H](O)/C=C/CCO. The molecule has 3 nitrogen and oxygen atoms in total. The summed E-state index contributed by atoms with van der Waals surface area (Å²) in [5.74, 6) is 10.5. The normalized spacial score (nSPS) is 13.9. The van der Waals surface area contributed by atoms with Crippen LogP contribution in [0.3, 0.4) is 0 Å². The molecule has 0 radical (unpaired) electrons. The molecule has 2 atom stereocenters. The molecule has 0 aliphatic carbocycles. The van der Waals surface area contributed by atoms with E-state index in [0.717, 1.165) is 0 Å². The van der Waals surface area contributed by atoms with Crippen molar-refractivity contribution in [1.82, 2.24) is 0 Å². The second kappa shape index (κ2) is 11.0. The second-order valence-corrected chi connectivity index (χ2v) is 3.27. The van der Waals surface area contributed by atoms with Crippen LogP contribution in [0.15, 0.2) is 24.3 Å². The number of hydrogen-bond donors (Lipinski definition) is 3. The fourth-order valence-corrected chi connectivity index (χ4v) is 0.920. The molecule has 0 amide bonds. The van der Waals surface area contributed by atoms with E-state index in [9.17, 15) is 10.2 Å². The van der Waals surface area contributed by atoms with Gasteiger partial charge in [0.05, 0.1) is 12.2 Å². The highest BCUT2D eigenvalue weighted by molar-refractivity contribution is 5.30. The van der Waals surface area contributed by atoms with E-state index in [1.54, 1.807) is 18.2 Å². The Labute approximate surface area is 102 Å². The maximum Gasteiger partial charge on any atom is 0.0989 e. The molecule has 92 valence electrons. The first-order chi connectivity index (χ1) is 8.22. The van der Waals surface area contributed by atoms with Crippen molar-refractivity contribution in [2.45, 2.75) is 32.0 Å². The summed E-state index contributed by atoms with van der Waals surface area (Å²) in [5.41, 5.74) is 0. The molecule has 0 aliphatic heterocycles. The van der Waals surface area contributed by atoms with Crippen LogP contribution in [-0.4, -0.2) is 34.1 Å². The summed E-state index contributed by atoms with van der Waals surface area (Å²) in [4.78, 5) is 0. The molecule has 0 rings (SSSR count). The molecule has 0 heterocycles. The molecule has 3 heteroatoms. The predicted molar refractivity (Wildman–Crippen MR) is 67.8 cm³/mol. The van der Waals surface area contributed by atoms with E-state index in [1.807, 2.05) is 6.92 Å². The van der Waals surface area contributed by atoms with Crippen LogP contribution in [0.1, 0.15) is 19.8 Å². The average molecular weight is 234 g/mol. The zero-order valence-electron chi connectivity index (χ0n) is 9.93. The van der Waals surface area contributed by atoms with Crippen LogP contribution in [0.25, 0.3) is 0 Å². The van der Waals surface area contributed by atoms with Gasteiger partial charge < -0.3 is 15.3 Å². The first-order valence-electron chi connectivity index (χ1n) is 5.45. The fraction of sp³-hybridized carbons (Fsp3) is 0.429. The highest BCUT2D eigenvalue weighted by Gasteiger charge is 2.10. The maximum atomic E-state index is 9.49. The number of allylic oxidation sites excluding steroid dienone is 2. The monoisotopic (exact) mass is 234 g/mol. The smallest absolute Gasteiger partial charge is 0.0989 e. The van der Waals surface area contributed by atoms with Gasteiger partial charge in [0.1, 0.15) is 0 Å². The number of rotatable bonds is 5. The topological polar surface area (TPSA) is 60.7 Å². The quantitative estimate of drug-likeness (QED) is 0.483. The molecule has 0 aromatic rings. The molecule has 0 aliphatic rings. The van der Waals surface area contributed by atoms with Crippen LogP contribution < -0.4 is 0 Å². The van der Waals surface area contributed by atoms with Crippen LogP contribution in [0.5, 0.6) is 0 Å². The lowest BCUT2D eigenvalue weighted by molar-refractivity contribution is 0.0523. The summed E-state index contributed by atoms with van der Waals surface area (Å²) in [6, 6.07) is 0. The largest absolute Gasteiger partial charge is 0.396 e. The Morgan fingerprint density at radius 3 is 2.65 bits per heavy atom. The molecule has 0 saturated carbocycles. The Bertz CT molecular complexity index is 360. The molecule has 17 heavy (non-hydrogen) atoms. The minimum absolute atomic E-state index is 0.0274. The van der Waals surface area contributed by atoms with Gasteiger partial charge in [0.2, 0.25) is 0 Å². The van der Waals surface area contributed by atoms with E-state index in [1.165, 1.54) is 6.08 Å². The lowest BCUT2D eigenvalue weighted by Crippen LogP contribution is -2.22. The number of aliphatic hydroxyl groups excluding tert-OH is 3.